The Morgan fingerprint density at radius 2 is 1.53 bits per heavy atom. The number of benzene rings is 2. The fourth-order valence-electron chi connectivity index (χ4n) is 1.90. The van der Waals surface area contributed by atoms with Gasteiger partial charge in [-0.15, -0.1) is 5.56 Å². The smallest absolute Gasteiger partial charge is 0.129 e. The van der Waals surface area contributed by atoms with Crippen molar-refractivity contribution in [2.24, 2.45) is 0 Å². The first kappa shape index (κ1) is 14.5. The number of aryl methyl sites for hydroxylation is 3. The van der Waals surface area contributed by atoms with Crippen molar-refractivity contribution in [3.05, 3.63) is 58.9 Å². The number of rotatable bonds is 1. The van der Waals surface area contributed by atoms with E-state index in [1.165, 1.54) is 0 Å². The summed E-state index contributed by atoms with van der Waals surface area (Å²) in [7, 11) is 0. The Morgan fingerprint density at radius 3 is 2.06 bits per heavy atom. The SMILES string of the molecule is Cc1[c-]c(C)cc(-c2ccc(C)cc2F)c1.[Y]. The van der Waals surface area contributed by atoms with Gasteiger partial charge in [-0.05, 0) is 24.1 Å². The summed E-state index contributed by atoms with van der Waals surface area (Å²) in [6, 6.07) is 12.4. The summed E-state index contributed by atoms with van der Waals surface area (Å²) in [5, 5.41) is 0. The largest absolute Gasteiger partial charge is 0.206 e. The van der Waals surface area contributed by atoms with Crippen LogP contribution in [0, 0.1) is 32.7 Å². The molecule has 0 fully saturated rings. The van der Waals surface area contributed by atoms with E-state index in [9.17, 15) is 4.39 Å². The van der Waals surface area contributed by atoms with Gasteiger partial charge in [0.2, 0.25) is 0 Å². The minimum atomic E-state index is -0.162. The molecule has 0 saturated carbocycles. The van der Waals surface area contributed by atoms with Gasteiger partial charge >= 0.3 is 0 Å². The summed E-state index contributed by atoms with van der Waals surface area (Å²) in [6.07, 6.45) is 0. The second-order valence-electron chi connectivity index (χ2n) is 4.22. The number of hydrogen-bond acceptors (Lipinski definition) is 0. The topological polar surface area (TPSA) is 0 Å². The fraction of sp³-hybridized carbons (Fsp3) is 0.200. The molecule has 0 unspecified atom stereocenters. The normalized spacial score (nSPS) is 9.88. The maximum absolute atomic E-state index is 13.8. The van der Waals surface area contributed by atoms with E-state index in [0.29, 0.717) is 5.56 Å². The average Bonchev–Trinajstić information content (AvgIpc) is 2.15. The summed E-state index contributed by atoms with van der Waals surface area (Å²) in [5.74, 6) is -0.162. The van der Waals surface area contributed by atoms with Crippen molar-refractivity contribution in [3.8, 4) is 11.1 Å². The van der Waals surface area contributed by atoms with Crippen molar-refractivity contribution in [2.45, 2.75) is 20.8 Å². The first-order chi connectivity index (χ1) is 7.56. The van der Waals surface area contributed by atoms with E-state index in [1.54, 1.807) is 6.07 Å². The molecule has 2 heteroatoms. The van der Waals surface area contributed by atoms with Crippen molar-refractivity contribution in [3.63, 3.8) is 0 Å². The first-order valence-corrected chi connectivity index (χ1v) is 5.33. The molecule has 2 rings (SSSR count). The molecule has 2 aromatic rings. The van der Waals surface area contributed by atoms with Crippen LogP contribution in [0.2, 0.25) is 0 Å². The molecule has 0 N–H and O–H groups in total. The van der Waals surface area contributed by atoms with Crippen LogP contribution < -0.4 is 0 Å². The van der Waals surface area contributed by atoms with Gasteiger partial charge in [0.15, 0.2) is 0 Å². The maximum atomic E-state index is 13.8. The number of halogens is 1. The van der Waals surface area contributed by atoms with Crippen LogP contribution in [0.25, 0.3) is 11.1 Å². The molecular formula is C15H14FY-. The summed E-state index contributed by atoms with van der Waals surface area (Å²) in [6.45, 7) is 5.84. The molecule has 0 aliphatic rings. The molecule has 0 atom stereocenters. The molecule has 0 saturated heterocycles. The molecule has 0 nitrogen and oxygen atoms in total. The van der Waals surface area contributed by atoms with Crippen LogP contribution >= 0.6 is 0 Å². The van der Waals surface area contributed by atoms with E-state index in [2.05, 4.69) is 6.07 Å². The standard InChI is InChI=1S/C15H14F.Y/c1-10-4-5-14(15(16)9-10)13-7-11(2)6-12(3)8-13;/h4-5,7-9H,1-3H3;/q-1;. The Morgan fingerprint density at radius 1 is 0.941 bits per heavy atom. The van der Waals surface area contributed by atoms with E-state index in [-0.39, 0.29) is 38.5 Å². The van der Waals surface area contributed by atoms with Crippen molar-refractivity contribution >= 4 is 0 Å². The van der Waals surface area contributed by atoms with Gasteiger partial charge in [-0.1, -0.05) is 26.0 Å². The van der Waals surface area contributed by atoms with Gasteiger partial charge < -0.3 is 0 Å². The molecule has 0 aliphatic heterocycles. The van der Waals surface area contributed by atoms with E-state index in [0.717, 1.165) is 22.3 Å². The van der Waals surface area contributed by atoms with Crippen molar-refractivity contribution in [1.82, 2.24) is 0 Å². The van der Waals surface area contributed by atoms with Crippen molar-refractivity contribution in [1.29, 1.82) is 0 Å². The van der Waals surface area contributed by atoms with Gasteiger partial charge in [-0.3, -0.25) is 0 Å². The van der Waals surface area contributed by atoms with Crippen LogP contribution in [0.5, 0.6) is 0 Å². The van der Waals surface area contributed by atoms with E-state index in [4.69, 9.17) is 0 Å². The fourth-order valence-corrected chi connectivity index (χ4v) is 1.90. The maximum Gasteiger partial charge on any atom is 0.129 e. The summed E-state index contributed by atoms with van der Waals surface area (Å²) >= 11 is 0. The molecule has 0 bridgehead atoms. The zero-order valence-corrected chi connectivity index (χ0v) is 13.2. The molecule has 0 amide bonds. The quantitative estimate of drug-likeness (QED) is 0.692. The van der Waals surface area contributed by atoms with Crippen LogP contribution in [0.15, 0.2) is 30.3 Å². The van der Waals surface area contributed by atoms with Gasteiger partial charge in [-0.25, -0.2) is 4.39 Å². The first-order valence-electron chi connectivity index (χ1n) is 5.33. The van der Waals surface area contributed by atoms with Crippen LogP contribution in [0.3, 0.4) is 0 Å². The Kier molecular flexibility index (Phi) is 5.03. The predicted molar refractivity (Wildman–Crippen MR) is 64.9 cm³/mol. The Labute approximate surface area is 127 Å². The third kappa shape index (κ3) is 3.46. The molecule has 0 heterocycles. The molecule has 2 aromatic carbocycles. The Hall–Kier alpha value is -0.526. The molecule has 0 spiro atoms. The van der Waals surface area contributed by atoms with Gasteiger partial charge in [0.1, 0.15) is 5.82 Å². The summed E-state index contributed by atoms with van der Waals surface area (Å²) in [5.41, 5.74) is 4.60. The van der Waals surface area contributed by atoms with Crippen LogP contribution in [0.1, 0.15) is 16.7 Å². The zero-order valence-electron chi connectivity index (χ0n) is 10.3. The molecule has 0 aliphatic carbocycles. The molecule has 0 aromatic heterocycles. The average molecular weight is 302 g/mol. The van der Waals surface area contributed by atoms with Crippen molar-refractivity contribution in [2.75, 3.05) is 0 Å². The van der Waals surface area contributed by atoms with Gasteiger partial charge in [0, 0.05) is 32.7 Å². The van der Waals surface area contributed by atoms with Crippen molar-refractivity contribution < 1.29 is 37.1 Å². The van der Waals surface area contributed by atoms with Gasteiger partial charge in [0.25, 0.3) is 0 Å². The third-order valence-corrected chi connectivity index (χ3v) is 2.57. The molecule has 1 radical (unpaired) electrons. The molecule has 85 valence electrons. The third-order valence-electron chi connectivity index (χ3n) is 2.57. The van der Waals surface area contributed by atoms with E-state index < -0.39 is 0 Å². The second-order valence-corrected chi connectivity index (χ2v) is 4.22. The summed E-state index contributed by atoms with van der Waals surface area (Å²) in [4.78, 5) is 0. The van der Waals surface area contributed by atoms with E-state index in [1.807, 2.05) is 45.0 Å². The monoisotopic (exact) mass is 302 g/mol. The minimum Gasteiger partial charge on any atom is -0.206 e. The van der Waals surface area contributed by atoms with Crippen LogP contribution in [0.4, 0.5) is 4.39 Å². The Bertz CT molecular complexity index is 512. The molecule has 17 heavy (non-hydrogen) atoms. The Balaban J connectivity index is 0.00000144. The van der Waals surface area contributed by atoms with Crippen LogP contribution in [-0.4, -0.2) is 0 Å². The second kappa shape index (κ2) is 5.88. The van der Waals surface area contributed by atoms with Gasteiger partial charge in [0.05, 0.1) is 0 Å². The number of hydrogen-bond donors (Lipinski definition) is 0. The van der Waals surface area contributed by atoms with Crippen LogP contribution in [-0.2, 0) is 32.7 Å². The van der Waals surface area contributed by atoms with Gasteiger partial charge in [-0.2, -0.15) is 29.3 Å². The minimum absolute atomic E-state index is 0. The van der Waals surface area contributed by atoms with E-state index >= 15 is 0 Å². The molecular weight excluding hydrogens is 288 g/mol. The zero-order chi connectivity index (χ0) is 11.7. The predicted octanol–water partition coefficient (Wildman–Crippen LogP) is 4.22. The summed E-state index contributed by atoms with van der Waals surface area (Å²) < 4.78 is 13.8.